The van der Waals surface area contributed by atoms with Crippen LogP contribution in [0.5, 0.6) is 0 Å². The Bertz CT molecular complexity index is 2360. The average molecular weight is 860 g/mol. The van der Waals surface area contributed by atoms with Crippen LogP contribution in [0.2, 0.25) is 0 Å². The standard InChI is InChI=1S/2C14H17N3OS.C7H11N3.C7H8O2S.CH4/c1-2-9-7-19-8-11(9)14(18)17-12-6-4-3-5-10(12)13(15)16-17;1-2-9-7-19-8-11(9)14(18)17-13(15)10-5-3-4-6-12(10)16-17;8-7-5-3-1-2-4-6(5)9-10-7;1-2-5-3-10-4-6(5)7(8)9;/h7-8H,2-6H2,1H3,(H2,15,16);7-8H,2-6,15H2,1H3;1-4H2,(H3,8,9,10);3-4H,2H2,1H3,(H,8,9);1H4. The predicted octanol–water partition coefficient (Wildman–Crippen LogP) is 8.83. The van der Waals surface area contributed by atoms with Gasteiger partial charge in [0.05, 0.1) is 28.1 Å². The van der Waals surface area contributed by atoms with Crippen molar-refractivity contribution in [1.29, 1.82) is 0 Å². The molecule has 3 aliphatic carbocycles. The number of aromatic nitrogens is 6. The molecule has 0 spiro atoms. The van der Waals surface area contributed by atoms with E-state index in [4.69, 9.17) is 22.3 Å². The number of carbonyl (C=O) groups is 3. The quantitative estimate of drug-likeness (QED) is 0.107. The fourth-order valence-electron chi connectivity index (χ4n) is 7.62. The van der Waals surface area contributed by atoms with E-state index in [2.05, 4.69) is 34.2 Å². The Morgan fingerprint density at radius 3 is 1.66 bits per heavy atom. The normalized spacial score (nSPS) is 13.7. The molecular weight excluding hydrogens is 803 g/mol. The lowest BCUT2D eigenvalue weighted by atomic mass is 9.97. The van der Waals surface area contributed by atoms with Gasteiger partial charge < -0.3 is 22.3 Å². The van der Waals surface area contributed by atoms with Crippen LogP contribution in [-0.4, -0.2) is 52.6 Å². The molecule has 6 heterocycles. The van der Waals surface area contributed by atoms with Gasteiger partial charge in [0.15, 0.2) is 0 Å². The van der Waals surface area contributed by atoms with Gasteiger partial charge in [-0.1, -0.05) is 28.2 Å². The molecule has 0 aromatic carbocycles. The summed E-state index contributed by atoms with van der Waals surface area (Å²) in [5.74, 6) is 0.815. The molecule has 0 bridgehead atoms. The number of aromatic carboxylic acids is 1. The number of hydrogen-bond acceptors (Lipinski definition) is 12. The van der Waals surface area contributed by atoms with Crippen LogP contribution in [-0.2, 0) is 57.8 Å². The lowest BCUT2D eigenvalue weighted by molar-refractivity contribution is 0.0695. The van der Waals surface area contributed by atoms with Crippen LogP contribution in [0.4, 0.5) is 17.5 Å². The summed E-state index contributed by atoms with van der Waals surface area (Å²) in [4.78, 5) is 35.6. The number of nitrogens with two attached hydrogens (primary N) is 3. The molecular formula is C43H57N9O4S3. The third-order valence-corrected chi connectivity index (χ3v) is 13.3. The van der Waals surface area contributed by atoms with Crippen molar-refractivity contribution in [2.45, 2.75) is 125 Å². The first-order valence-corrected chi connectivity index (χ1v) is 22.9. The van der Waals surface area contributed by atoms with E-state index in [0.717, 1.165) is 134 Å². The zero-order chi connectivity index (χ0) is 41.3. The fraction of sp³-hybridized carbons (Fsp3) is 0.442. The van der Waals surface area contributed by atoms with Crippen molar-refractivity contribution in [3.8, 4) is 0 Å². The van der Waals surface area contributed by atoms with E-state index in [1.54, 1.807) is 28.1 Å². The van der Waals surface area contributed by atoms with Crippen molar-refractivity contribution in [3.63, 3.8) is 0 Å². The lowest BCUT2D eigenvalue weighted by Crippen LogP contribution is -2.19. The van der Waals surface area contributed by atoms with E-state index in [1.807, 2.05) is 33.8 Å². The molecule has 9 rings (SSSR count). The van der Waals surface area contributed by atoms with Gasteiger partial charge in [-0.25, -0.2) is 4.79 Å². The van der Waals surface area contributed by atoms with Crippen molar-refractivity contribution < 1.29 is 19.5 Å². The molecule has 0 unspecified atom stereocenters. The minimum Gasteiger partial charge on any atom is -0.478 e. The molecule has 316 valence electrons. The van der Waals surface area contributed by atoms with Crippen LogP contribution in [0.15, 0.2) is 32.3 Å². The summed E-state index contributed by atoms with van der Waals surface area (Å²) in [6, 6.07) is 0. The van der Waals surface area contributed by atoms with E-state index in [1.165, 1.54) is 44.8 Å². The number of nitrogens with one attached hydrogen (secondary N) is 1. The first kappa shape index (κ1) is 45.0. The monoisotopic (exact) mass is 859 g/mol. The van der Waals surface area contributed by atoms with E-state index in [9.17, 15) is 14.4 Å². The topological polar surface area (TPSA) is 214 Å². The number of aryl methyl sites for hydroxylation is 5. The van der Waals surface area contributed by atoms with Crippen molar-refractivity contribution in [2.24, 2.45) is 0 Å². The first-order valence-electron chi connectivity index (χ1n) is 20.1. The van der Waals surface area contributed by atoms with Gasteiger partial charge in [-0.3, -0.25) is 14.7 Å². The van der Waals surface area contributed by atoms with Gasteiger partial charge in [-0.2, -0.15) is 53.6 Å². The first-order chi connectivity index (χ1) is 28.1. The molecule has 6 aromatic rings. The third kappa shape index (κ3) is 10.0. The SMILES string of the molecule is C.CCc1cscc1C(=O)O.CCc1cscc1C(=O)n1nc(N)c2c1CCCC2.CCc1cscc1C(=O)n1nc2c(c1N)CCCC2.Nc1n[nH]c2c1CCCC2. The van der Waals surface area contributed by atoms with E-state index >= 15 is 0 Å². The maximum absolute atomic E-state index is 12.6. The number of carboxylic acids is 1. The second-order valence-electron chi connectivity index (χ2n) is 14.5. The Kier molecular flexibility index (Phi) is 15.8. The zero-order valence-corrected chi connectivity index (χ0v) is 35.9. The summed E-state index contributed by atoms with van der Waals surface area (Å²) < 4.78 is 2.93. The van der Waals surface area contributed by atoms with Crippen LogP contribution in [0.1, 0.15) is 148 Å². The summed E-state index contributed by atoms with van der Waals surface area (Å²) in [7, 11) is 0. The predicted molar refractivity (Wildman–Crippen MR) is 240 cm³/mol. The molecule has 0 saturated carbocycles. The zero-order valence-electron chi connectivity index (χ0n) is 33.4. The number of nitrogen functional groups attached to an aromatic ring is 3. The Morgan fingerprint density at radius 1 is 0.627 bits per heavy atom. The molecule has 13 nitrogen and oxygen atoms in total. The maximum Gasteiger partial charge on any atom is 0.336 e. The second-order valence-corrected chi connectivity index (χ2v) is 16.8. The van der Waals surface area contributed by atoms with Gasteiger partial charge in [0, 0.05) is 38.5 Å². The minimum atomic E-state index is -0.821. The number of thiophene rings is 3. The fourth-order valence-corrected chi connectivity index (χ4v) is 10.4. The number of fused-ring (bicyclic) bond motifs is 3. The van der Waals surface area contributed by atoms with Crippen LogP contribution in [0.3, 0.4) is 0 Å². The molecule has 0 radical (unpaired) electrons. The number of hydrogen-bond donors (Lipinski definition) is 5. The number of nitrogens with zero attached hydrogens (tertiary/aromatic N) is 5. The molecule has 0 fully saturated rings. The van der Waals surface area contributed by atoms with E-state index < -0.39 is 5.97 Å². The highest BCUT2D eigenvalue weighted by molar-refractivity contribution is 7.08. The van der Waals surface area contributed by atoms with Crippen LogP contribution in [0.25, 0.3) is 0 Å². The van der Waals surface area contributed by atoms with Crippen LogP contribution >= 0.6 is 34.0 Å². The number of carboxylic acid groups (broad SMARTS) is 1. The van der Waals surface area contributed by atoms with Gasteiger partial charge in [0.2, 0.25) is 0 Å². The average Bonchev–Trinajstić information content (AvgIpc) is 4.12. The smallest absolute Gasteiger partial charge is 0.336 e. The summed E-state index contributed by atoms with van der Waals surface area (Å²) in [6.45, 7) is 6.07. The van der Waals surface area contributed by atoms with Gasteiger partial charge in [-0.05, 0) is 129 Å². The highest BCUT2D eigenvalue weighted by atomic mass is 32.1. The lowest BCUT2D eigenvalue weighted by Gasteiger charge is -2.13. The largest absolute Gasteiger partial charge is 0.478 e. The number of H-pyrrole nitrogens is 1. The molecule has 6 aromatic heterocycles. The molecule has 16 heteroatoms. The van der Waals surface area contributed by atoms with Gasteiger partial charge in [0.1, 0.15) is 17.5 Å². The van der Waals surface area contributed by atoms with Crippen molar-refractivity contribution in [3.05, 3.63) is 99.4 Å². The number of anilines is 3. The minimum absolute atomic E-state index is 0. The number of carbonyl (C=O) groups excluding carboxylic acids is 2. The molecule has 0 atom stereocenters. The van der Waals surface area contributed by atoms with Crippen molar-refractivity contribution >= 4 is 69.2 Å². The highest BCUT2D eigenvalue weighted by Gasteiger charge is 2.26. The summed E-state index contributed by atoms with van der Waals surface area (Å²) in [5, 5.41) is 35.6. The molecule has 0 saturated heterocycles. The Balaban J connectivity index is 0.000000155. The van der Waals surface area contributed by atoms with Gasteiger partial charge >= 0.3 is 5.97 Å². The van der Waals surface area contributed by atoms with Crippen LogP contribution in [0, 0.1) is 0 Å². The molecule has 8 N–H and O–H groups in total. The molecule has 3 aliphatic rings. The van der Waals surface area contributed by atoms with E-state index in [-0.39, 0.29) is 19.2 Å². The summed E-state index contributed by atoms with van der Waals surface area (Å²) >= 11 is 4.55. The number of rotatable bonds is 6. The summed E-state index contributed by atoms with van der Waals surface area (Å²) in [6.07, 6.45) is 15.5. The van der Waals surface area contributed by atoms with Crippen LogP contribution < -0.4 is 17.2 Å². The maximum atomic E-state index is 12.6. The molecule has 59 heavy (non-hydrogen) atoms. The Labute approximate surface area is 358 Å². The highest BCUT2D eigenvalue weighted by Crippen LogP contribution is 2.29. The van der Waals surface area contributed by atoms with Crippen molar-refractivity contribution in [2.75, 3.05) is 17.2 Å². The van der Waals surface area contributed by atoms with Gasteiger partial charge in [-0.15, -0.1) is 5.10 Å². The second kappa shape index (κ2) is 20.8. The van der Waals surface area contributed by atoms with Gasteiger partial charge in [0.25, 0.3) is 11.8 Å². The Morgan fingerprint density at radius 2 is 1.12 bits per heavy atom. The summed E-state index contributed by atoms with van der Waals surface area (Å²) in [5.41, 5.74) is 29.4. The third-order valence-electron chi connectivity index (χ3n) is 10.9. The van der Waals surface area contributed by atoms with E-state index in [0.29, 0.717) is 23.0 Å². The molecule has 0 aliphatic heterocycles. The Hall–Kier alpha value is -5.06. The molecule has 0 amide bonds. The van der Waals surface area contributed by atoms with Crippen molar-refractivity contribution in [1.82, 2.24) is 29.8 Å². The number of aromatic amines is 1.